The maximum atomic E-state index is 10.8. The molecule has 0 bridgehead atoms. The lowest BCUT2D eigenvalue weighted by Gasteiger charge is -2.03. The molecule has 0 saturated heterocycles. The number of rotatable bonds is 0. The second kappa shape index (κ2) is 1.47. The van der Waals surface area contributed by atoms with E-state index in [2.05, 4.69) is 0 Å². The van der Waals surface area contributed by atoms with Crippen molar-refractivity contribution in [1.29, 1.82) is 0 Å². The van der Waals surface area contributed by atoms with Gasteiger partial charge < -0.3 is 0 Å². The Hall–Kier alpha value is -0.0400. The molecule has 0 aliphatic heterocycles. The molecule has 1 heteroatoms. The first kappa shape index (κ1) is 4.80. The largest absolute Gasteiger partial charge is 0.232 e. The lowest BCUT2D eigenvalue weighted by molar-refractivity contribution is 0.151. The molecule has 2 unspecified atom stereocenters. The van der Waals surface area contributed by atoms with Crippen molar-refractivity contribution in [3.05, 3.63) is 0 Å². The molecule has 1 nitrogen and oxygen atoms in total. The minimum atomic E-state index is -0.141. The molecule has 2 fully saturated rings. The van der Waals surface area contributed by atoms with Crippen LogP contribution in [0, 0.1) is 11.8 Å². The van der Waals surface area contributed by atoms with Gasteiger partial charge in [-0.05, 0) is 24.7 Å². The third kappa shape index (κ3) is 0.510. The predicted molar refractivity (Wildman–Crippen MR) is 29.9 cm³/mol. The van der Waals surface area contributed by atoms with E-state index in [1.807, 2.05) is 0 Å². The number of hydrogen-bond donors (Lipinski definition) is 0. The Morgan fingerprint density at radius 2 is 1.50 bits per heavy atom. The zero-order chi connectivity index (χ0) is 5.56. The first-order valence-corrected chi connectivity index (χ1v) is 3.55. The second-order valence-electron chi connectivity index (χ2n) is 3.08. The Labute approximate surface area is 49.7 Å². The standard InChI is InChI=1S/C7H11O/c8-7-5-3-1-2-4-6(5)7/h5-7H,1-4H2. The number of fused-ring (bicyclic) bond motifs is 1. The van der Waals surface area contributed by atoms with Crippen LogP contribution in [0.3, 0.4) is 0 Å². The normalized spacial score (nSPS) is 52.9. The van der Waals surface area contributed by atoms with Gasteiger partial charge in [0, 0.05) is 0 Å². The summed E-state index contributed by atoms with van der Waals surface area (Å²) in [6.07, 6.45) is 4.97. The van der Waals surface area contributed by atoms with Crippen LogP contribution in [0.5, 0.6) is 0 Å². The highest BCUT2D eigenvalue weighted by Crippen LogP contribution is 2.49. The molecular weight excluding hydrogens is 100 g/mol. The van der Waals surface area contributed by atoms with Crippen LogP contribution < -0.4 is 0 Å². The third-order valence-electron chi connectivity index (χ3n) is 2.58. The summed E-state index contributed by atoms with van der Waals surface area (Å²) in [6.45, 7) is 0. The molecule has 0 heterocycles. The summed E-state index contributed by atoms with van der Waals surface area (Å²) in [6, 6.07) is 0. The molecule has 2 saturated carbocycles. The van der Waals surface area contributed by atoms with Crippen LogP contribution in [-0.2, 0) is 5.11 Å². The van der Waals surface area contributed by atoms with Crippen LogP contribution in [0.2, 0.25) is 0 Å². The molecule has 0 amide bonds. The van der Waals surface area contributed by atoms with Crippen LogP contribution in [0.25, 0.3) is 0 Å². The van der Waals surface area contributed by atoms with E-state index in [1.54, 1.807) is 0 Å². The Balaban J connectivity index is 1.97. The fraction of sp³-hybridized carbons (Fsp3) is 1.00. The van der Waals surface area contributed by atoms with Crippen molar-refractivity contribution in [1.82, 2.24) is 0 Å². The van der Waals surface area contributed by atoms with Gasteiger partial charge in [-0.15, -0.1) is 0 Å². The van der Waals surface area contributed by atoms with E-state index < -0.39 is 0 Å². The molecule has 8 heavy (non-hydrogen) atoms. The van der Waals surface area contributed by atoms with Crippen molar-refractivity contribution in [2.75, 3.05) is 0 Å². The van der Waals surface area contributed by atoms with E-state index in [0.717, 1.165) is 0 Å². The van der Waals surface area contributed by atoms with Crippen molar-refractivity contribution in [3.63, 3.8) is 0 Å². The third-order valence-corrected chi connectivity index (χ3v) is 2.58. The van der Waals surface area contributed by atoms with Gasteiger partial charge >= 0.3 is 0 Å². The Kier molecular flexibility index (Phi) is 0.884. The van der Waals surface area contributed by atoms with Crippen molar-refractivity contribution in [2.24, 2.45) is 11.8 Å². The fourth-order valence-corrected chi connectivity index (χ4v) is 1.93. The van der Waals surface area contributed by atoms with Gasteiger partial charge in [0.1, 0.15) is 0 Å². The van der Waals surface area contributed by atoms with Crippen LogP contribution in [0.15, 0.2) is 0 Å². The van der Waals surface area contributed by atoms with Gasteiger partial charge in [-0.25, -0.2) is 5.11 Å². The van der Waals surface area contributed by atoms with Crippen LogP contribution in [0.4, 0.5) is 0 Å². The summed E-state index contributed by atoms with van der Waals surface area (Å²) in [5.74, 6) is 1.23. The van der Waals surface area contributed by atoms with Crippen molar-refractivity contribution < 1.29 is 5.11 Å². The van der Waals surface area contributed by atoms with Crippen molar-refractivity contribution >= 4 is 0 Å². The quantitative estimate of drug-likeness (QED) is 0.452. The Bertz CT molecular complexity index is 88.6. The van der Waals surface area contributed by atoms with Gasteiger partial charge in [0.2, 0.25) is 0 Å². The fourth-order valence-electron chi connectivity index (χ4n) is 1.93. The van der Waals surface area contributed by atoms with E-state index in [-0.39, 0.29) is 6.10 Å². The minimum absolute atomic E-state index is 0.141. The summed E-state index contributed by atoms with van der Waals surface area (Å²) in [5.41, 5.74) is 0. The maximum absolute atomic E-state index is 10.8. The van der Waals surface area contributed by atoms with Crippen LogP contribution >= 0.6 is 0 Å². The number of hydrogen-bond acceptors (Lipinski definition) is 0. The van der Waals surface area contributed by atoms with Gasteiger partial charge in [0.15, 0.2) is 0 Å². The molecule has 0 spiro atoms. The molecule has 45 valence electrons. The Morgan fingerprint density at radius 1 is 1.00 bits per heavy atom. The maximum Gasteiger partial charge on any atom is 0.0993 e. The van der Waals surface area contributed by atoms with Gasteiger partial charge in [0.05, 0.1) is 6.10 Å². The van der Waals surface area contributed by atoms with Crippen LogP contribution in [0.1, 0.15) is 25.7 Å². The van der Waals surface area contributed by atoms with E-state index in [4.69, 9.17) is 0 Å². The van der Waals surface area contributed by atoms with Gasteiger partial charge in [0.25, 0.3) is 0 Å². The molecule has 2 aliphatic rings. The summed E-state index contributed by atoms with van der Waals surface area (Å²) < 4.78 is 0. The van der Waals surface area contributed by atoms with Gasteiger partial charge in [-0.1, -0.05) is 12.8 Å². The average Bonchev–Trinajstić information content (AvgIpc) is 2.46. The second-order valence-corrected chi connectivity index (χ2v) is 3.08. The SMILES string of the molecule is [O]C1C2CCCCC12. The molecule has 2 rings (SSSR count). The zero-order valence-electron chi connectivity index (χ0n) is 4.97. The lowest BCUT2D eigenvalue weighted by Crippen LogP contribution is -1.91. The zero-order valence-corrected chi connectivity index (χ0v) is 4.97. The summed E-state index contributed by atoms with van der Waals surface area (Å²) >= 11 is 0. The molecule has 2 aliphatic carbocycles. The molecule has 1 radical (unpaired) electrons. The van der Waals surface area contributed by atoms with E-state index in [1.165, 1.54) is 25.7 Å². The molecule has 0 aromatic rings. The molecule has 0 N–H and O–H groups in total. The highest BCUT2D eigenvalue weighted by molar-refractivity contribution is 4.98. The van der Waals surface area contributed by atoms with Crippen molar-refractivity contribution in [3.8, 4) is 0 Å². The van der Waals surface area contributed by atoms with Crippen molar-refractivity contribution in [2.45, 2.75) is 31.8 Å². The van der Waals surface area contributed by atoms with Gasteiger partial charge in [-0.3, -0.25) is 0 Å². The topological polar surface area (TPSA) is 19.9 Å². The molecular formula is C7H11O. The summed E-state index contributed by atoms with van der Waals surface area (Å²) in [5, 5.41) is 10.8. The predicted octanol–water partition coefficient (Wildman–Crippen LogP) is 1.61. The monoisotopic (exact) mass is 111 g/mol. The first-order chi connectivity index (χ1) is 3.89. The lowest BCUT2D eigenvalue weighted by atomic mass is 10.0. The highest BCUT2D eigenvalue weighted by Gasteiger charge is 2.50. The van der Waals surface area contributed by atoms with Gasteiger partial charge in [-0.2, -0.15) is 0 Å². The first-order valence-electron chi connectivity index (χ1n) is 3.55. The molecule has 0 aromatic carbocycles. The highest BCUT2D eigenvalue weighted by atomic mass is 16.3. The van der Waals surface area contributed by atoms with Crippen LogP contribution in [-0.4, -0.2) is 6.10 Å². The summed E-state index contributed by atoms with van der Waals surface area (Å²) in [7, 11) is 0. The average molecular weight is 111 g/mol. The molecule has 2 atom stereocenters. The van der Waals surface area contributed by atoms with E-state index in [0.29, 0.717) is 11.8 Å². The smallest absolute Gasteiger partial charge is 0.0993 e. The minimum Gasteiger partial charge on any atom is -0.232 e. The van der Waals surface area contributed by atoms with E-state index in [9.17, 15) is 5.11 Å². The molecule has 0 aromatic heterocycles. The summed E-state index contributed by atoms with van der Waals surface area (Å²) in [4.78, 5) is 0. The van der Waals surface area contributed by atoms with E-state index >= 15 is 0 Å². The Morgan fingerprint density at radius 3 is 1.88 bits per heavy atom.